The maximum atomic E-state index is 10.6. The summed E-state index contributed by atoms with van der Waals surface area (Å²) in [7, 11) is 1.66. The van der Waals surface area contributed by atoms with Crippen LogP contribution in [0.1, 0.15) is 47.6 Å². The Balaban J connectivity index is 2.28. The summed E-state index contributed by atoms with van der Waals surface area (Å²) in [6, 6.07) is 0. The maximum absolute atomic E-state index is 10.6. The average molecular weight is 256 g/mol. The zero-order valence-electron chi connectivity index (χ0n) is 11.7. The summed E-state index contributed by atoms with van der Waals surface area (Å²) in [5.41, 5.74) is 7.25. The van der Waals surface area contributed by atoms with Gasteiger partial charge in [0, 0.05) is 11.1 Å². The Kier molecular flexibility index (Phi) is 2.89. The summed E-state index contributed by atoms with van der Waals surface area (Å²) < 4.78 is 5.24. The van der Waals surface area contributed by atoms with E-state index in [2.05, 4.69) is 6.58 Å². The minimum Gasteiger partial charge on any atom is -0.507 e. The number of aromatic hydroxyl groups is 1. The molecule has 0 bridgehead atoms. The number of hydrogen-bond acceptors (Lipinski definition) is 2. The molecule has 0 fully saturated rings. The summed E-state index contributed by atoms with van der Waals surface area (Å²) in [6.45, 7) is 6.09. The van der Waals surface area contributed by atoms with Crippen molar-refractivity contribution in [3.8, 4) is 5.75 Å². The molecule has 3 rings (SSSR count). The number of rotatable bonds is 2. The third-order valence-corrected chi connectivity index (χ3v) is 4.39. The molecule has 1 aromatic rings. The fraction of sp³-hybridized carbons (Fsp3) is 0.412. The van der Waals surface area contributed by atoms with Crippen molar-refractivity contribution in [2.24, 2.45) is 0 Å². The summed E-state index contributed by atoms with van der Waals surface area (Å²) >= 11 is 0. The maximum Gasteiger partial charge on any atom is 0.127 e. The van der Waals surface area contributed by atoms with Crippen LogP contribution in [0.15, 0.2) is 12.3 Å². The molecule has 0 unspecified atom stereocenters. The number of allylic oxidation sites excluding steroid dienone is 2. The summed E-state index contributed by atoms with van der Waals surface area (Å²) in [4.78, 5) is 0. The van der Waals surface area contributed by atoms with E-state index in [1.54, 1.807) is 7.11 Å². The Morgan fingerprint density at radius 1 is 1.16 bits per heavy atom. The molecule has 1 aromatic carbocycles. The number of ether oxygens (including phenoxy) is 1. The summed E-state index contributed by atoms with van der Waals surface area (Å²) in [6.07, 6.45) is 7.20. The summed E-state index contributed by atoms with van der Waals surface area (Å²) in [5.74, 6) is 1.28. The Morgan fingerprint density at radius 2 is 1.89 bits per heavy atom. The van der Waals surface area contributed by atoms with Gasteiger partial charge in [0.2, 0.25) is 0 Å². The highest BCUT2D eigenvalue weighted by molar-refractivity contribution is 5.81. The molecule has 0 aliphatic heterocycles. The lowest BCUT2D eigenvalue weighted by Gasteiger charge is -2.15. The molecule has 0 saturated heterocycles. The van der Waals surface area contributed by atoms with Crippen LogP contribution in [0, 0.1) is 0 Å². The van der Waals surface area contributed by atoms with Gasteiger partial charge in [0.05, 0.1) is 12.9 Å². The lowest BCUT2D eigenvalue weighted by Crippen LogP contribution is -1.98. The van der Waals surface area contributed by atoms with Crippen molar-refractivity contribution < 1.29 is 9.84 Å². The molecule has 2 aliphatic rings. The minimum absolute atomic E-state index is 0.450. The van der Waals surface area contributed by atoms with Gasteiger partial charge in [-0.2, -0.15) is 0 Å². The standard InChI is InChI=1S/C17H20O2/c1-10-7-8-14-16(10)13-6-4-5-12(13)15(17(14)18)9-11(2)19-3/h9,18H,1,4-8H2,2-3H3/b11-9+. The SMILES string of the molecule is C=C1CCc2c(O)c(/C=C(\C)OC)c3c(c21)CCC3. The van der Waals surface area contributed by atoms with Gasteiger partial charge in [0.25, 0.3) is 0 Å². The van der Waals surface area contributed by atoms with E-state index in [-0.39, 0.29) is 0 Å². The third kappa shape index (κ3) is 1.78. The average Bonchev–Trinajstić information content (AvgIpc) is 3.00. The Morgan fingerprint density at radius 3 is 2.63 bits per heavy atom. The van der Waals surface area contributed by atoms with Crippen LogP contribution < -0.4 is 0 Å². The van der Waals surface area contributed by atoms with Crippen LogP contribution in [0.4, 0.5) is 0 Å². The van der Waals surface area contributed by atoms with Crippen molar-refractivity contribution in [2.45, 2.75) is 39.0 Å². The van der Waals surface area contributed by atoms with Crippen LogP contribution >= 0.6 is 0 Å². The molecule has 2 aliphatic carbocycles. The molecule has 1 N–H and O–H groups in total. The number of methoxy groups -OCH3 is 1. The first-order valence-electron chi connectivity index (χ1n) is 6.93. The van der Waals surface area contributed by atoms with Crippen molar-refractivity contribution in [3.63, 3.8) is 0 Å². The van der Waals surface area contributed by atoms with Crippen LogP contribution in [0.3, 0.4) is 0 Å². The fourth-order valence-corrected chi connectivity index (χ4v) is 3.41. The largest absolute Gasteiger partial charge is 0.507 e. The predicted octanol–water partition coefficient (Wildman–Crippen LogP) is 3.85. The monoisotopic (exact) mass is 256 g/mol. The molecule has 0 spiro atoms. The minimum atomic E-state index is 0.450. The molecular weight excluding hydrogens is 236 g/mol. The zero-order chi connectivity index (χ0) is 13.6. The van der Waals surface area contributed by atoms with Crippen LogP contribution in [0.25, 0.3) is 11.6 Å². The molecule has 100 valence electrons. The molecule has 19 heavy (non-hydrogen) atoms. The van der Waals surface area contributed by atoms with E-state index < -0.39 is 0 Å². The first kappa shape index (κ1) is 12.3. The van der Waals surface area contributed by atoms with Crippen LogP contribution in [-0.4, -0.2) is 12.2 Å². The normalized spacial score (nSPS) is 17.6. The topological polar surface area (TPSA) is 29.5 Å². The highest BCUT2D eigenvalue weighted by atomic mass is 16.5. The summed E-state index contributed by atoms with van der Waals surface area (Å²) in [5, 5.41) is 10.6. The van der Waals surface area contributed by atoms with E-state index >= 15 is 0 Å². The first-order valence-corrected chi connectivity index (χ1v) is 6.93. The second-order valence-corrected chi connectivity index (χ2v) is 5.49. The van der Waals surface area contributed by atoms with Crippen molar-refractivity contribution in [1.82, 2.24) is 0 Å². The van der Waals surface area contributed by atoms with Gasteiger partial charge in [0.1, 0.15) is 5.75 Å². The molecule has 2 heteroatoms. The van der Waals surface area contributed by atoms with Crippen molar-refractivity contribution in [1.29, 1.82) is 0 Å². The molecule has 2 nitrogen and oxygen atoms in total. The highest BCUT2D eigenvalue weighted by Gasteiger charge is 2.29. The van der Waals surface area contributed by atoms with E-state index in [0.717, 1.165) is 42.6 Å². The van der Waals surface area contributed by atoms with E-state index in [4.69, 9.17) is 4.74 Å². The molecular formula is C17H20O2. The number of hydrogen-bond donors (Lipinski definition) is 1. The van der Waals surface area contributed by atoms with Gasteiger partial charge in [-0.15, -0.1) is 0 Å². The van der Waals surface area contributed by atoms with E-state index in [1.165, 1.54) is 28.7 Å². The van der Waals surface area contributed by atoms with Crippen LogP contribution in [0.5, 0.6) is 5.75 Å². The van der Waals surface area contributed by atoms with E-state index in [0.29, 0.717) is 5.75 Å². The zero-order valence-corrected chi connectivity index (χ0v) is 11.7. The first-order chi connectivity index (χ1) is 9.13. The predicted molar refractivity (Wildman–Crippen MR) is 78.1 cm³/mol. The van der Waals surface area contributed by atoms with E-state index in [1.807, 2.05) is 13.0 Å². The molecule has 0 amide bonds. The number of phenolic OH excluding ortho intramolecular Hbond substituents is 1. The fourth-order valence-electron chi connectivity index (χ4n) is 3.41. The van der Waals surface area contributed by atoms with Gasteiger partial charge < -0.3 is 9.84 Å². The van der Waals surface area contributed by atoms with Gasteiger partial charge in [0.15, 0.2) is 0 Å². The van der Waals surface area contributed by atoms with Gasteiger partial charge in [-0.1, -0.05) is 6.58 Å². The van der Waals surface area contributed by atoms with Crippen molar-refractivity contribution in [2.75, 3.05) is 7.11 Å². The molecule has 0 heterocycles. The smallest absolute Gasteiger partial charge is 0.127 e. The van der Waals surface area contributed by atoms with Gasteiger partial charge in [-0.05, 0) is 67.4 Å². The van der Waals surface area contributed by atoms with Gasteiger partial charge in [-0.25, -0.2) is 0 Å². The molecule has 0 radical (unpaired) electrons. The quantitative estimate of drug-likeness (QED) is 0.814. The molecule has 0 saturated carbocycles. The Bertz CT molecular complexity index is 594. The Hall–Kier alpha value is -1.70. The van der Waals surface area contributed by atoms with Crippen LogP contribution in [0.2, 0.25) is 0 Å². The second kappa shape index (κ2) is 4.44. The number of fused-ring (bicyclic) bond motifs is 3. The number of benzene rings is 1. The van der Waals surface area contributed by atoms with E-state index in [9.17, 15) is 5.11 Å². The molecule has 0 atom stereocenters. The lowest BCUT2D eigenvalue weighted by atomic mass is 9.92. The Labute approximate surface area is 114 Å². The molecule has 0 aromatic heterocycles. The van der Waals surface area contributed by atoms with Gasteiger partial charge in [-0.3, -0.25) is 0 Å². The highest BCUT2D eigenvalue weighted by Crippen LogP contribution is 2.46. The van der Waals surface area contributed by atoms with Crippen molar-refractivity contribution >= 4 is 11.6 Å². The van der Waals surface area contributed by atoms with Gasteiger partial charge >= 0.3 is 0 Å². The lowest BCUT2D eigenvalue weighted by molar-refractivity contribution is 0.297. The van der Waals surface area contributed by atoms with Crippen LogP contribution in [-0.2, 0) is 24.0 Å². The second-order valence-electron chi connectivity index (χ2n) is 5.49. The number of phenols is 1. The third-order valence-electron chi connectivity index (χ3n) is 4.39. The van der Waals surface area contributed by atoms with Crippen molar-refractivity contribution in [3.05, 3.63) is 40.2 Å².